The van der Waals surface area contributed by atoms with Gasteiger partial charge in [-0.1, -0.05) is 12.1 Å². The number of aromatic nitrogens is 1. The quantitative estimate of drug-likeness (QED) is 0.262. The molecule has 0 spiro atoms. The topological polar surface area (TPSA) is 109 Å². The normalized spacial score (nSPS) is 11.7. The Bertz CT molecular complexity index is 1530. The molecular formula is C31H30N2O8. The summed E-state index contributed by atoms with van der Waals surface area (Å²) in [5, 5.41) is 9.37. The van der Waals surface area contributed by atoms with Gasteiger partial charge in [-0.2, -0.15) is 0 Å². The maximum atomic E-state index is 12.8. The third-order valence-electron chi connectivity index (χ3n) is 6.57. The van der Waals surface area contributed by atoms with Crippen LogP contribution in [0.5, 0.6) is 28.7 Å². The molecule has 212 valence electrons. The maximum Gasteiger partial charge on any atom is 0.416 e. The van der Waals surface area contributed by atoms with E-state index in [1.165, 1.54) is 7.11 Å². The number of ether oxygens (including phenoxy) is 5. The average Bonchev–Trinajstić information content (AvgIpc) is 3.59. The van der Waals surface area contributed by atoms with Crippen molar-refractivity contribution in [2.45, 2.75) is 20.0 Å². The minimum absolute atomic E-state index is 0.0312. The minimum Gasteiger partial charge on any atom is -0.497 e. The molecule has 41 heavy (non-hydrogen) atoms. The number of hydrogen-bond acceptors (Lipinski definition) is 7. The minimum atomic E-state index is -1.15. The fraction of sp³-hybridized carbons (Fsp3) is 0.226. The van der Waals surface area contributed by atoms with Crippen LogP contribution in [-0.2, 0) is 17.9 Å². The summed E-state index contributed by atoms with van der Waals surface area (Å²) in [6.07, 6.45) is -0.775. The largest absolute Gasteiger partial charge is 0.497 e. The predicted octanol–water partition coefficient (Wildman–Crippen LogP) is 5.37. The van der Waals surface area contributed by atoms with Crippen molar-refractivity contribution < 1.29 is 38.4 Å². The van der Waals surface area contributed by atoms with Crippen LogP contribution >= 0.6 is 0 Å². The van der Waals surface area contributed by atoms with Crippen molar-refractivity contribution in [3.8, 4) is 40.0 Å². The second-order valence-electron chi connectivity index (χ2n) is 9.37. The van der Waals surface area contributed by atoms with Crippen LogP contribution in [0, 0.1) is 6.92 Å². The number of carbonyl (C=O) groups is 2. The number of nitrogens with zero attached hydrogens (tertiary/aromatic N) is 2. The molecule has 2 heterocycles. The second kappa shape index (κ2) is 12.4. The summed E-state index contributed by atoms with van der Waals surface area (Å²) < 4.78 is 29.7. The van der Waals surface area contributed by atoms with Crippen LogP contribution in [0.3, 0.4) is 0 Å². The number of benzene rings is 3. The highest BCUT2D eigenvalue weighted by Gasteiger charge is 2.20. The molecule has 0 radical (unpaired) electrons. The van der Waals surface area contributed by atoms with E-state index in [0.717, 1.165) is 33.4 Å². The van der Waals surface area contributed by atoms with Crippen LogP contribution in [-0.4, -0.2) is 53.7 Å². The maximum absolute atomic E-state index is 12.8. The van der Waals surface area contributed by atoms with Crippen molar-refractivity contribution >= 4 is 12.1 Å². The van der Waals surface area contributed by atoms with Gasteiger partial charge in [0.05, 0.1) is 13.7 Å². The Hall–Kier alpha value is -5.12. The number of amides is 1. The first-order valence-electron chi connectivity index (χ1n) is 13.0. The molecule has 4 aromatic rings. The molecule has 1 amide bonds. The number of aliphatic carboxylic acids is 1. The van der Waals surface area contributed by atoms with Crippen molar-refractivity contribution in [1.29, 1.82) is 0 Å². The molecule has 10 nitrogen and oxygen atoms in total. The number of aryl methyl sites for hydroxylation is 1. The molecule has 1 aromatic heterocycles. The predicted molar refractivity (Wildman–Crippen MR) is 150 cm³/mol. The number of carbonyl (C=O) groups excluding carboxylic acids is 1. The van der Waals surface area contributed by atoms with Crippen molar-refractivity contribution in [3.63, 3.8) is 0 Å². The summed E-state index contributed by atoms with van der Waals surface area (Å²) in [4.78, 5) is 25.4. The Morgan fingerprint density at radius 1 is 0.927 bits per heavy atom. The van der Waals surface area contributed by atoms with Crippen molar-refractivity contribution in [2.24, 2.45) is 0 Å². The first-order chi connectivity index (χ1) is 19.9. The number of carboxylic acid groups (broad SMARTS) is 1. The Morgan fingerprint density at radius 2 is 1.71 bits per heavy atom. The van der Waals surface area contributed by atoms with Gasteiger partial charge in [-0.25, -0.2) is 4.79 Å². The summed E-state index contributed by atoms with van der Waals surface area (Å²) >= 11 is 0. The van der Waals surface area contributed by atoms with E-state index in [2.05, 4.69) is 16.7 Å². The molecule has 0 unspecified atom stereocenters. The summed E-state index contributed by atoms with van der Waals surface area (Å²) in [6, 6.07) is 23.7. The first kappa shape index (κ1) is 27.4. The Morgan fingerprint density at radius 3 is 2.49 bits per heavy atom. The lowest BCUT2D eigenvalue weighted by atomic mass is 10.1. The van der Waals surface area contributed by atoms with E-state index in [9.17, 15) is 14.7 Å². The molecule has 0 saturated heterocycles. The smallest absolute Gasteiger partial charge is 0.416 e. The van der Waals surface area contributed by atoms with E-state index < -0.39 is 18.6 Å². The molecule has 1 aliphatic rings. The van der Waals surface area contributed by atoms with E-state index in [4.69, 9.17) is 23.7 Å². The molecular weight excluding hydrogens is 528 g/mol. The van der Waals surface area contributed by atoms with Gasteiger partial charge in [-0.05, 0) is 79.2 Å². The summed E-state index contributed by atoms with van der Waals surface area (Å²) in [5.41, 5.74) is 3.85. The SMILES string of the molecule is COc1ccc(OC(=O)N(CC(=O)O)Cc2cccc(OCCn3c(C)ccc3-c3ccc4c(c3)OCO4)c2)cc1. The standard InChI is InChI=1S/C31H30N2O8/c1-21-6-12-27(23-7-13-28-29(17-23)40-20-39-28)33(21)14-15-38-26-5-3-4-22(16-26)18-32(19-30(34)35)31(36)41-25-10-8-24(37-2)9-11-25/h3-13,16-17H,14-15,18-20H2,1-2H3,(H,34,35). The number of rotatable bonds is 11. The highest BCUT2D eigenvalue weighted by Crippen LogP contribution is 2.36. The molecule has 0 saturated carbocycles. The summed E-state index contributed by atoms with van der Waals surface area (Å²) in [7, 11) is 1.54. The second-order valence-corrected chi connectivity index (χ2v) is 9.37. The van der Waals surface area contributed by atoms with E-state index in [-0.39, 0.29) is 19.1 Å². The van der Waals surface area contributed by atoms with Gasteiger partial charge in [-0.15, -0.1) is 0 Å². The van der Waals surface area contributed by atoms with Crippen LogP contribution < -0.4 is 23.7 Å². The van der Waals surface area contributed by atoms with Gasteiger partial charge < -0.3 is 33.4 Å². The number of hydrogen-bond donors (Lipinski definition) is 1. The number of carboxylic acids is 1. The van der Waals surface area contributed by atoms with E-state index >= 15 is 0 Å². The zero-order valence-electron chi connectivity index (χ0n) is 22.7. The van der Waals surface area contributed by atoms with Crippen molar-refractivity contribution in [1.82, 2.24) is 9.47 Å². The van der Waals surface area contributed by atoms with Crippen LogP contribution in [0.25, 0.3) is 11.3 Å². The van der Waals surface area contributed by atoms with E-state index in [1.54, 1.807) is 42.5 Å². The fourth-order valence-electron chi connectivity index (χ4n) is 4.54. The fourth-order valence-corrected chi connectivity index (χ4v) is 4.54. The lowest BCUT2D eigenvalue weighted by Crippen LogP contribution is -2.37. The lowest BCUT2D eigenvalue weighted by Gasteiger charge is -2.20. The summed E-state index contributed by atoms with van der Waals surface area (Å²) in [5.74, 6) is 1.82. The molecule has 1 aliphatic heterocycles. The zero-order valence-corrected chi connectivity index (χ0v) is 22.7. The van der Waals surface area contributed by atoms with E-state index in [0.29, 0.717) is 30.2 Å². The highest BCUT2D eigenvalue weighted by atomic mass is 16.7. The average molecular weight is 559 g/mol. The van der Waals surface area contributed by atoms with Gasteiger partial charge in [0, 0.05) is 23.5 Å². The van der Waals surface area contributed by atoms with Gasteiger partial charge in [0.15, 0.2) is 11.5 Å². The first-order valence-corrected chi connectivity index (χ1v) is 13.0. The molecule has 3 aromatic carbocycles. The molecule has 0 bridgehead atoms. The summed E-state index contributed by atoms with van der Waals surface area (Å²) in [6.45, 7) is 2.78. The Balaban J connectivity index is 1.22. The van der Waals surface area contributed by atoms with Crippen LogP contribution in [0.2, 0.25) is 0 Å². The third-order valence-corrected chi connectivity index (χ3v) is 6.57. The Kier molecular flexibility index (Phi) is 8.28. The van der Waals surface area contributed by atoms with Gasteiger partial charge in [-0.3, -0.25) is 9.69 Å². The molecule has 5 rings (SSSR count). The monoisotopic (exact) mass is 558 g/mol. The molecule has 1 N–H and O–H groups in total. The van der Waals surface area contributed by atoms with Crippen molar-refractivity contribution in [2.75, 3.05) is 27.1 Å². The zero-order chi connectivity index (χ0) is 28.8. The van der Waals surface area contributed by atoms with Crippen molar-refractivity contribution in [3.05, 3.63) is 90.1 Å². The van der Waals surface area contributed by atoms with Gasteiger partial charge in [0.2, 0.25) is 6.79 Å². The molecule has 0 fully saturated rings. The van der Waals surface area contributed by atoms with Gasteiger partial charge in [0.25, 0.3) is 0 Å². The van der Waals surface area contributed by atoms with Crippen LogP contribution in [0.15, 0.2) is 78.9 Å². The molecule has 0 aliphatic carbocycles. The molecule has 10 heteroatoms. The van der Waals surface area contributed by atoms with Crippen LogP contribution in [0.4, 0.5) is 4.79 Å². The third kappa shape index (κ3) is 6.73. The van der Waals surface area contributed by atoms with E-state index in [1.807, 2.05) is 31.2 Å². The lowest BCUT2D eigenvalue weighted by molar-refractivity contribution is -0.138. The van der Waals surface area contributed by atoms with Gasteiger partial charge >= 0.3 is 12.1 Å². The number of methoxy groups -OCH3 is 1. The van der Waals surface area contributed by atoms with Crippen LogP contribution in [0.1, 0.15) is 11.3 Å². The molecule has 0 atom stereocenters. The highest BCUT2D eigenvalue weighted by molar-refractivity contribution is 5.78. The number of fused-ring (bicyclic) bond motifs is 1. The van der Waals surface area contributed by atoms with Gasteiger partial charge in [0.1, 0.15) is 30.4 Å². The Labute approximate surface area is 237 Å².